The summed E-state index contributed by atoms with van der Waals surface area (Å²) in [6, 6.07) is 7.58. The Morgan fingerprint density at radius 3 is 2.24 bits per heavy atom. The Kier molecular flexibility index (Phi) is 11.2. The largest absolute Gasteiger partial charge is 0.744 e. The van der Waals surface area contributed by atoms with Crippen molar-refractivity contribution in [2.45, 2.75) is 80.4 Å². The lowest BCUT2D eigenvalue weighted by atomic mass is 9.82. The van der Waals surface area contributed by atoms with Crippen molar-refractivity contribution in [3.63, 3.8) is 0 Å². The molecule has 0 saturated carbocycles. The maximum absolute atomic E-state index is 14.5. The van der Waals surface area contributed by atoms with Crippen molar-refractivity contribution in [2.24, 2.45) is 5.11 Å². The molecule has 330 valence electrons. The van der Waals surface area contributed by atoms with Gasteiger partial charge >= 0.3 is 0 Å². The summed E-state index contributed by atoms with van der Waals surface area (Å²) < 4.78 is 136. The van der Waals surface area contributed by atoms with E-state index in [0.717, 1.165) is 123 Å². The van der Waals surface area contributed by atoms with Gasteiger partial charge in [-0.05, 0) is 86.7 Å². The zero-order valence-corrected chi connectivity index (χ0v) is 35.5. The van der Waals surface area contributed by atoms with Crippen LogP contribution in [0.3, 0.4) is 0 Å². The number of ether oxygens (including phenoxy) is 1. The van der Waals surface area contributed by atoms with E-state index >= 15 is 0 Å². The number of carbonyl (C=O) groups is 1. The summed E-state index contributed by atoms with van der Waals surface area (Å²) in [5, 5.41) is 6.62. The molecule has 0 spiro atoms. The van der Waals surface area contributed by atoms with Crippen molar-refractivity contribution in [3.05, 3.63) is 114 Å². The van der Waals surface area contributed by atoms with Gasteiger partial charge in [0.25, 0.3) is 5.91 Å². The minimum absolute atomic E-state index is 0.146. The first kappa shape index (κ1) is 42.8. The zero-order valence-electron chi connectivity index (χ0n) is 33.8. The van der Waals surface area contributed by atoms with Gasteiger partial charge in [-0.1, -0.05) is 17.6 Å². The van der Waals surface area contributed by atoms with Crippen LogP contribution >= 0.6 is 0 Å². The van der Waals surface area contributed by atoms with Gasteiger partial charge in [-0.15, -0.1) is 0 Å². The molecule has 0 bridgehead atoms. The predicted octanol–water partition coefficient (Wildman–Crippen LogP) is 5.40. The Morgan fingerprint density at radius 1 is 0.825 bits per heavy atom. The van der Waals surface area contributed by atoms with Gasteiger partial charge < -0.3 is 19.5 Å². The van der Waals surface area contributed by atoms with E-state index in [4.69, 9.17) is 10.3 Å². The first-order valence-electron chi connectivity index (χ1n) is 20.9. The monoisotopic (exact) mass is 907 g/mol. The predicted molar refractivity (Wildman–Crippen MR) is 221 cm³/mol. The number of unbranched alkanes of at least 4 members (excludes halogenated alkanes) is 2. The van der Waals surface area contributed by atoms with E-state index < -0.39 is 70.4 Å². The summed E-state index contributed by atoms with van der Waals surface area (Å²) >= 11 is 0. The first-order chi connectivity index (χ1) is 30.2. The fourth-order valence-corrected chi connectivity index (χ4v) is 11.7. The number of anilines is 1. The molecule has 0 radical (unpaired) electrons. The highest BCUT2D eigenvalue weighted by atomic mass is 32.2. The van der Waals surface area contributed by atoms with Crippen LogP contribution in [0, 0.1) is 23.3 Å². The number of rotatable bonds is 12. The summed E-state index contributed by atoms with van der Waals surface area (Å²) in [6.45, 7) is 3.30. The summed E-state index contributed by atoms with van der Waals surface area (Å²) in [7, 11) is -9.65. The number of benzene rings is 4. The van der Waals surface area contributed by atoms with Crippen LogP contribution in [-0.4, -0.2) is 66.6 Å². The Balaban J connectivity index is 1.05. The molecule has 0 atom stereocenters. The third-order valence-corrected chi connectivity index (χ3v) is 14.9. The quantitative estimate of drug-likeness (QED) is 0.0243. The number of sulfonamides is 1. The topological polar surface area (TPSA) is 197 Å². The molecule has 14 nitrogen and oxygen atoms in total. The lowest BCUT2D eigenvalue weighted by molar-refractivity contribution is 0.0942. The number of nitrogens with one attached hydrogen (secondary N) is 2. The smallest absolute Gasteiger partial charge is 0.257 e. The highest BCUT2D eigenvalue weighted by Crippen LogP contribution is 2.49. The molecule has 4 aromatic rings. The molecule has 63 heavy (non-hydrogen) atoms. The minimum atomic E-state index is -5.10. The van der Waals surface area contributed by atoms with Crippen molar-refractivity contribution in [1.82, 2.24) is 14.6 Å². The van der Waals surface area contributed by atoms with E-state index in [-0.39, 0.29) is 37.9 Å². The van der Waals surface area contributed by atoms with Crippen molar-refractivity contribution in [2.75, 3.05) is 44.2 Å². The van der Waals surface area contributed by atoms with Gasteiger partial charge in [-0.2, -0.15) is 0 Å². The maximum Gasteiger partial charge on any atom is 0.257 e. The van der Waals surface area contributed by atoms with Gasteiger partial charge in [-0.3, -0.25) is 4.79 Å². The summed E-state index contributed by atoms with van der Waals surface area (Å²) in [5.74, 6) is -8.30. The molecular weight excluding hydrogens is 867 g/mol. The third kappa shape index (κ3) is 7.50. The summed E-state index contributed by atoms with van der Waals surface area (Å²) in [5.41, 5.74) is 12.3. The number of amides is 1. The molecule has 5 heterocycles. The Hall–Kier alpha value is -5.53. The van der Waals surface area contributed by atoms with Crippen molar-refractivity contribution in [3.8, 4) is 11.5 Å². The van der Waals surface area contributed by atoms with E-state index in [1.54, 1.807) is 0 Å². The fourth-order valence-electron chi connectivity index (χ4n) is 9.84. The minimum Gasteiger partial charge on any atom is -0.744 e. The summed E-state index contributed by atoms with van der Waals surface area (Å²) in [4.78, 5) is 15.9. The molecular formula is C43H41F4N7O7S2. The van der Waals surface area contributed by atoms with Crippen molar-refractivity contribution < 1.29 is 48.5 Å². The van der Waals surface area contributed by atoms with Gasteiger partial charge in [0.2, 0.25) is 15.4 Å². The van der Waals surface area contributed by atoms with Crippen LogP contribution in [0.4, 0.5) is 28.9 Å². The van der Waals surface area contributed by atoms with Gasteiger partial charge in [0.05, 0.1) is 15.4 Å². The van der Waals surface area contributed by atoms with Crippen LogP contribution in [0.25, 0.3) is 16.0 Å². The third-order valence-electron chi connectivity index (χ3n) is 12.5. The van der Waals surface area contributed by atoms with Gasteiger partial charge in [0.1, 0.15) is 46.0 Å². The van der Waals surface area contributed by atoms with Crippen LogP contribution in [0.5, 0.6) is 11.5 Å². The average molecular weight is 908 g/mol. The van der Waals surface area contributed by atoms with Crippen molar-refractivity contribution >= 4 is 43.0 Å². The molecule has 2 N–H and O–H groups in total. The Bertz CT molecular complexity index is 3030. The molecule has 5 aliphatic rings. The van der Waals surface area contributed by atoms with E-state index in [9.17, 15) is 43.7 Å². The number of carbonyl (C=O) groups excluding carboxylic acids is 1. The molecule has 0 aromatic heterocycles. The molecule has 0 saturated heterocycles. The molecule has 9 rings (SSSR count). The highest BCUT2D eigenvalue weighted by Gasteiger charge is 2.37. The number of halogens is 4. The number of hydrogen-bond donors (Lipinski definition) is 2. The first-order valence-corrected chi connectivity index (χ1v) is 23.8. The Labute approximate surface area is 359 Å². The van der Waals surface area contributed by atoms with E-state index in [1.807, 2.05) is 0 Å². The molecule has 4 aromatic carbocycles. The van der Waals surface area contributed by atoms with Crippen LogP contribution in [0.1, 0.15) is 88.7 Å². The Morgan fingerprint density at radius 2 is 1.51 bits per heavy atom. The number of aryl methyl sites for hydroxylation is 2. The molecule has 1 amide bonds. The fraction of sp³-hybridized carbons (Fsp3) is 0.395. The standard InChI is InChI=1S/C43H41F4N7O7S2/c44-34-33(35(45)37(47)38(36(34)46)51-52-48)43(55)49-14-2-1-3-15-50-62(56,57)31-22-25(63(58,59)60)12-13-26(31)32-29-20-23-8-4-16-53-18-6-10-27(39(23)53)41(29)61-42-28-11-7-19-54-17-5-9-24(40(28)54)21-30(32)42/h12-13,20-22,50H,1-11,14-19H2,(H-,49,55,58,59,60). The van der Waals surface area contributed by atoms with Crippen LogP contribution in [0.2, 0.25) is 0 Å². The van der Waals surface area contributed by atoms with E-state index in [1.165, 1.54) is 6.07 Å². The van der Waals surface area contributed by atoms with Gasteiger partial charge in [0.15, 0.2) is 23.3 Å². The molecule has 0 unspecified atom stereocenters. The second-order valence-corrected chi connectivity index (χ2v) is 19.5. The summed E-state index contributed by atoms with van der Waals surface area (Å²) in [6.07, 6.45) is 7.44. The number of azide groups is 1. The normalized spacial score (nSPS) is 16.3. The van der Waals surface area contributed by atoms with Crippen LogP contribution < -0.4 is 34.8 Å². The second-order valence-electron chi connectivity index (χ2n) is 16.3. The van der Waals surface area contributed by atoms with Gasteiger partial charge in [0, 0.05) is 82.7 Å². The molecule has 5 aliphatic heterocycles. The maximum atomic E-state index is 14.5. The van der Waals surface area contributed by atoms with Crippen molar-refractivity contribution in [1.29, 1.82) is 0 Å². The number of nitrogens with zero attached hydrogens (tertiary/aromatic N) is 5. The second kappa shape index (κ2) is 16.5. The van der Waals surface area contributed by atoms with Crippen LogP contribution in [0.15, 0.2) is 45.2 Å². The highest BCUT2D eigenvalue weighted by molar-refractivity contribution is 7.89. The zero-order chi connectivity index (χ0) is 44.4. The SMILES string of the molecule is [N-]=[N+]=Nc1c(F)c(F)c(C(=O)NCCCCCNS(=O)(=O)c2cc(S(=O)(=O)[O-])ccc2C2=c3cc4c5c(c3Oc3c2cc2c6c3CCCN6CCC2)CCC[N+]=5CCC4)c(F)c1F. The number of hydrogen-bond acceptors (Lipinski definition) is 9. The number of fused-ring (bicyclic) bond motifs is 4. The molecule has 0 fully saturated rings. The van der Waals surface area contributed by atoms with E-state index in [2.05, 4.69) is 41.7 Å². The average Bonchev–Trinajstić information content (AvgIpc) is 3.26. The van der Waals surface area contributed by atoms with Gasteiger partial charge in [-0.25, -0.2) is 43.7 Å². The van der Waals surface area contributed by atoms with E-state index in [0.29, 0.717) is 27.9 Å². The van der Waals surface area contributed by atoms with Crippen LogP contribution in [-0.2, 0) is 45.8 Å². The lowest BCUT2D eigenvalue weighted by Crippen LogP contribution is -2.45. The molecule has 20 heteroatoms. The molecule has 0 aliphatic carbocycles. The lowest BCUT2D eigenvalue weighted by Gasteiger charge is -2.39.